The van der Waals surface area contributed by atoms with E-state index >= 15 is 0 Å². The Kier molecular flexibility index (Phi) is 5.73. The van der Waals surface area contributed by atoms with Crippen LogP contribution < -0.4 is 4.74 Å². The van der Waals surface area contributed by atoms with E-state index in [0.717, 1.165) is 11.8 Å². The van der Waals surface area contributed by atoms with Gasteiger partial charge in [-0.1, -0.05) is 24.4 Å². The number of nitrogens with zero attached hydrogens (tertiary/aromatic N) is 2. The lowest BCUT2D eigenvalue weighted by molar-refractivity contribution is -0.245. The van der Waals surface area contributed by atoms with Gasteiger partial charge >= 0.3 is 17.9 Å². The van der Waals surface area contributed by atoms with Crippen molar-refractivity contribution in [3.05, 3.63) is 72.6 Å². The summed E-state index contributed by atoms with van der Waals surface area (Å²) >= 11 is 0.861. The van der Waals surface area contributed by atoms with Crippen LogP contribution in [0.3, 0.4) is 0 Å². The summed E-state index contributed by atoms with van der Waals surface area (Å²) in [6.45, 7) is 3.78. The standard InChI is InChI=1S/C19H15F3N2O3S/c1-2-10-26-15-7-5-13(6-8-15)17(25)27-18(19(20,21)22)12-28-16(24-18)14-4-3-9-23-11-14/h2-9,11H,1,10,12H2. The Morgan fingerprint density at radius 3 is 2.64 bits per heavy atom. The van der Waals surface area contributed by atoms with E-state index < -0.39 is 23.6 Å². The van der Waals surface area contributed by atoms with Crippen molar-refractivity contribution in [1.82, 2.24) is 4.98 Å². The average molecular weight is 408 g/mol. The summed E-state index contributed by atoms with van der Waals surface area (Å²) in [4.78, 5) is 19.9. The average Bonchev–Trinajstić information content (AvgIpc) is 3.13. The number of hydrogen-bond acceptors (Lipinski definition) is 6. The number of aliphatic imine (C=N–C) groups is 1. The van der Waals surface area contributed by atoms with E-state index in [9.17, 15) is 18.0 Å². The third-order valence-corrected chi connectivity index (χ3v) is 4.89. The van der Waals surface area contributed by atoms with E-state index in [1.165, 1.54) is 36.7 Å². The van der Waals surface area contributed by atoms with E-state index in [0.29, 0.717) is 11.3 Å². The molecular formula is C19H15F3N2O3S. The summed E-state index contributed by atoms with van der Waals surface area (Å²) in [7, 11) is 0. The maximum atomic E-state index is 13.7. The molecule has 9 heteroatoms. The molecule has 0 radical (unpaired) electrons. The predicted octanol–water partition coefficient (Wildman–Crippen LogP) is 4.26. The highest BCUT2D eigenvalue weighted by Gasteiger charge is 2.61. The molecule has 0 saturated heterocycles. The molecule has 0 fully saturated rings. The normalized spacial score (nSPS) is 19.0. The summed E-state index contributed by atoms with van der Waals surface area (Å²) < 4.78 is 51.4. The van der Waals surface area contributed by atoms with Gasteiger partial charge in [-0.2, -0.15) is 13.2 Å². The minimum absolute atomic E-state index is 0.0374. The molecule has 2 heterocycles. The fraction of sp³-hybridized carbons (Fsp3) is 0.211. The van der Waals surface area contributed by atoms with Gasteiger partial charge in [-0.25, -0.2) is 9.79 Å². The number of pyridine rings is 1. The summed E-state index contributed by atoms with van der Waals surface area (Å²) in [5, 5.41) is 0.117. The Balaban J connectivity index is 1.83. The molecular weight excluding hydrogens is 393 g/mol. The zero-order valence-electron chi connectivity index (χ0n) is 14.5. The lowest BCUT2D eigenvalue weighted by Crippen LogP contribution is -2.48. The maximum absolute atomic E-state index is 13.7. The molecule has 28 heavy (non-hydrogen) atoms. The first kappa shape index (κ1) is 19.9. The number of aromatic nitrogens is 1. The van der Waals surface area contributed by atoms with E-state index in [-0.39, 0.29) is 17.2 Å². The van der Waals surface area contributed by atoms with Crippen LogP contribution in [0.4, 0.5) is 13.2 Å². The predicted molar refractivity (Wildman–Crippen MR) is 99.6 cm³/mol. The van der Waals surface area contributed by atoms with Crippen LogP contribution in [0.1, 0.15) is 15.9 Å². The first-order valence-electron chi connectivity index (χ1n) is 8.11. The first-order chi connectivity index (χ1) is 13.3. The zero-order valence-corrected chi connectivity index (χ0v) is 15.3. The molecule has 5 nitrogen and oxygen atoms in total. The Bertz CT molecular complexity index is 886. The van der Waals surface area contributed by atoms with Crippen molar-refractivity contribution in [2.24, 2.45) is 4.99 Å². The van der Waals surface area contributed by atoms with Gasteiger partial charge in [0.25, 0.3) is 0 Å². The fourth-order valence-electron chi connectivity index (χ4n) is 2.34. The van der Waals surface area contributed by atoms with Crippen LogP contribution in [0.5, 0.6) is 5.75 Å². The molecule has 0 saturated carbocycles. The lowest BCUT2D eigenvalue weighted by Gasteiger charge is -2.27. The molecule has 3 rings (SSSR count). The van der Waals surface area contributed by atoms with Crippen LogP contribution in [-0.2, 0) is 4.74 Å². The molecule has 1 unspecified atom stereocenters. The molecule has 0 amide bonds. The second-order valence-corrected chi connectivity index (χ2v) is 6.71. The van der Waals surface area contributed by atoms with Gasteiger partial charge in [0, 0.05) is 18.0 Å². The second-order valence-electron chi connectivity index (χ2n) is 5.74. The number of halogens is 3. The second kappa shape index (κ2) is 8.05. The van der Waals surface area contributed by atoms with Gasteiger partial charge in [-0.15, -0.1) is 0 Å². The number of hydrogen-bond donors (Lipinski definition) is 0. The molecule has 0 spiro atoms. The van der Waals surface area contributed by atoms with Gasteiger partial charge in [-0.05, 0) is 36.4 Å². The molecule has 1 aliphatic heterocycles. The van der Waals surface area contributed by atoms with E-state index in [1.54, 1.807) is 18.2 Å². The number of carbonyl (C=O) groups is 1. The minimum Gasteiger partial charge on any atom is -0.490 e. The third kappa shape index (κ3) is 4.19. The SMILES string of the molecule is C=CCOc1ccc(C(=O)OC2(C(F)(F)F)CSC(c3cccnc3)=N2)cc1. The summed E-state index contributed by atoms with van der Waals surface area (Å²) in [6, 6.07) is 8.78. The van der Waals surface area contributed by atoms with Crippen molar-refractivity contribution < 1.29 is 27.4 Å². The molecule has 0 aliphatic carbocycles. The van der Waals surface area contributed by atoms with Crippen molar-refractivity contribution >= 4 is 22.8 Å². The Labute approximate surface area is 163 Å². The highest BCUT2D eigenvalue weighted by Crippen LogP contribution is 2.44. The topological polar surface area (TPSA) is 60.8 Å². The molecule has 2 aromatic rings. The molecule has 1 aromatic heterocycles. The monoisotopic (exact) mass is 408 g/mol. The molecule has 0 N–H and O–H groups in total. The molecule has 0 bridgehead atoms. The number of benzene rings is 1. The minimum atomic E-state index is -4.87. The largest absolute Gasteiger partial charge is 0.490 e. The van der Waals surface area contributed by atoms with Crippen LogP contribution in [0.15, 0.2) is 66.4 Å². The highest BCUT2D eigenvalue weighted by molar-refractivity contribution is 8.14. The van der Waals surface area contributed by atoms with Crippen molar-refractivity contribution in [2.75, 3.05) is 12.4 Å². The Hall–Kier alpha value is -2.81. The quantitative estimate of drug-likeness (QED) is 0.528. The van der Waals surface area contributed by atoms with Crippen LogP contribution in [0, 0.1) is 0 Å². The number of carbonyl (C=O) groups excluding carboxylic acids is 1. The van der Waals surface area contributed by atoms with Crippen LogP contribution in [0.2, 0.25) is 0 Å². The summed E-state index contributed by atoms with van der Waals surface area (Å²) in [5.74, 6) is -1.23. The van der Waals surface area contributed by atoms with Gasteiger partial charge in [0.1, 0.15) is 17.4 Å². The van der Waals surface area contributed by atoms with Crippen molar-refractivity contribution in [3.63, 3.8) is 0 Å². The number of alkyl halides is 3. The third-order valence-electron chi connectivity index (χ3n) is 3.76. The van der Waals surface area contributed by atoms with Crippen LogP contribution in [-0.4, -0.2) is 40.3 Å². The van der Waals surface area contributed by atoms with Gasteiger partial charge in [0.05, 0.1) is 11.3 Å². The Morgan fingerprint density at radius 2 is 2.04 bits per heavy atom. The Morgan fingerprint density at radius 1 is 1.29 bits per heavy atom. The van der Waals surface area contributed by atoms with Crippen LogP contribution in [0.25, 0.3) is 0 Å². The maximum Gasteiger partial charge on any atom is 0.451 e. The molecule has 1 aromatic carbocycles. The van der Waals surface area contributed by atoms with Crippen molar-refractivity contribution in [2.45, 2.75) is 11.9 Å². The van der Waals surface area contributed by atoms with Crippen molar-refractivity contribution in [1.29, 1.82) is 0 Å². The number of rotatable bonds is 6. The fourth-order valence-corrected chi connectivity index (χ4v) is 3.46. The molecule has 1 atom stereocenters. The van der Waals surface area contributed by atoms with E-state index in [4.69, 9.17) is 9.47 Å². The van der Waals surface area contributed by atoms with Crippen LogP contribution >= 0.6 is 11.8 Å². The van der Waals surface area contributed by atoms with E-state index in [1.807, 2.05) is 0 Å². The molecule has 146 valence electrons. The summed E-state index contributed by atoms with van der Waals surface area (Å²) in [6.07, 6.45) is -0.414. The number of thioether (sulfide) groups is 1. The lowest BCUT2D eigenvalue weighted by atomic mass is 10.2. The van der Waals surface area contributed by atoms with Crippen molar-refractivity contribution in [3.8, 4) is 5.75 Å². The zero-order chi connectivity index (χ0) is 20.2. The highest BCUT2D eigenvalue weighted by atomic mass is 32.2. The molecule has 1 aliphatic rings. The van der Waals surface area contributed by atoms with E-state index in [2.05, 4.69) is 16.6 Å². The van der Waals surface area contributed by atoms with Gasteiger partial charge in [0.15, 0.2) is 0 Å². The first-order valence-corrected chi connectivity index (χ1v) is 9.10. The van der Waals surface area contributed by atoms with Gasteiger partial charge in [0.2, 0.25) is 0 Å². The number of ether oxygens (including phenoxy) is 2. The smallest absolute Gasteiger partial charge is 0.451 e. The van der Waals surface area contributed by atoms with Gasteiger partial charge in [-0.3, -0.25) is 4.98 Å². The summed E-state index contributed by atoms with van der Waals surface area (Å²) in [5.41, 5.74) is -2.55. The number of esters is 1. The van der Waals surface area contributed by atoms with Gasteiger partial charge < -0.3 is 9.47 Å².